The molecule has 110 valence electrons. The number of para-hydroxylation sites is 1. The van der Waals surface area contributed by atoms with Crippen LogP contribution in [0.2, 0.25) is 0 Å². The van der Waals surface area contributed by atoms with Crippen molar-refractivity contribution in [2.45, 2.75) is 6.92 Å². The average molecular weight is 289 g/mol. The van der Waals surface area contributed by atoms with Gasteiger partial charge in [-0.15, -0.1) is 0 Å². The van der Waals surface area contributed by atoms with Gasteiger partial charge in [0.2, 0.25) is 11.8 Å². The summed E-state index contributed by atoms with van der Waals surface area (Å²) in [6.45, 7) is 1.58. The van der Waals surface area contributed by atoms with Gasteiger partial charge >= 0.3 is 5.97 Å². The number of rotatable bonds is 6. The molecule has 0 spiro atoms. The molecule has 0 fully saturated rings. The molecule has 1 aromatic carbocycles. The van der Waals surface area contributed by atoms with E-state index in [0.717, 1.165) is 0 Å². The molecular weight excluding hydrogens is 274 g/mol. The number of ether oxygens (including phenoxy) is 1. The van der Waals surface area contributed by atoms with Crippen molar-refractivity contribution in [3.05, 3.63) is 42.1 Å². The number of carboxylic acids is 1. The Balaban J connectivity index is 2.34. The summed E-state index contributed by atoms with van der Waals surface area (Å²) in [6, 6.07) is 8.97. The van der Waals surface area contributed by atoms with Crippen LogP contribution in [0, 0.1) is 5.92 Å². The standard InChI is InChI=1S/C14H15N3O4/c1-9(12(15)18)8-21-13-11(14(19)20)7-16-17(13)10-5-3-2-4-6-10/h2-7,9H,8H2,1H3,(H2,15,18)(H,19,20). The van der Waals surface area contributed by atoms with Crippen molar-refractivity contribution < 1.29 is 19.4 Å². The van der Waals surface area contributed by atoms with Crippen molar-refractivity contribution >= 4 is 11.9 Å². The van der Waals surface area contributed by atoms with E-state index < -0.39 is 17.8 Å². The number of carbonyl (C=O) groups is 2. The minimum atomic E-state index is -1.15. The van der Waals surface area contributed by atoms with Crippen molar-refractivity contribution in [1.82, 2.24) is 9.78 Å². The average Bonchev–Trinajstić information content (AvgIpc) is 2.89. The lowest BCUT2D eigenvalue weighted by atomic mass is 10.2. The first kappa shape index (κ1) is 14.6. The zero-order valence-corrected chi connectivity index (χ0v) is 11.4. The van der Waals surface area contributed by atoms with E-state index >= 15 is 0 Å². The maximum atomic E-state index is 11.2. The van der Waals surface area contributed by atoms with Gasteiger partial charge in [-0.2, -0.15) is 5.10 Å². The third-order valence-electron chi connectivity index (χ3n) is 2.91. The number of carbonyl (C=O) groups excluding carboxylic acids is 1. The summed E-state index contributed by atoms with van der Waals surface area (Å²) >= 11 is 0. The summed E-state index contributed by atoms with van der Waals surface area (Å²) in [6.07, 6.45) is 1.21. The van der Waals surface area contributed by atoms with Gasteiger partial charge in [-0.1, -0.05) is 25.1 Å². The third kappa shape index (κ3) is 3.19. The number of amides is 1. The van der Waals surface area contributed by atoms with Crippen molar-refractivity contribution in [2.24, 2.45) is 11.7 Å². The molecule has 1 heterocycles. The summed E-state index contributed by atoms with van der Waals surface area (Å²) in [5.41, 5.74) is 5.75. The molecule has 7 heteroatoms. The van der Waals surface area contributed by atoms with Gasteiger partial charge < -0.3 is 15.6 Å². The quantitative estimate of drug-likeness (QED) is 0.827. The number of aromatic carboxylic acids is 1. The Hall–Kier alpha value is -2.83. The molecule has 2 rings (SSSR count). The third-order valence-corrected chi connectivity index (χ3v) is 2.91. The molecule has 0 saturated carbocycles. The molecule has 1 unspecified atom stereocenters. The molecule has 0 aliphatic heterocycles. The first-order valence-electron chi connectivity index (χ1n) is 6.29. The van der Waals surface area contributed by atoms with Crippen LogP contribution in [0.15, 0.2) is 36.5 Å². The Morgan fingerprint density at radius 3 is 2.62 bits per heavy atom. The topological polar surface area (TPSA) is 107 Å². The van der Waals surface area contributed by atoms with Crippen LogP contribution < -0.4 is 10.5 Å². The van der Waals surface area contributed by atoms with Gasteiger partial charge in [0.05, 0.1) is 17.8 Å². The minimum absolute atomic E-state index is 0.0197. The van der Waals surface area contributed by atoms with E-state index in [1.165, 1.54) is 10.9 Å². The second-order valence-corrected chi connectivity index (χ2v) is 4.53. The van der Waals surface area contributed by atoms with E-state index in [1.54, 1.807) is 31.2 Å². The molecular formula is C14H15N3O4. The molecule has 3 N–H and O–H groups in total. The Labute approximate surface area is 120 Å². The number of hydrogen-bond acceptors (Lipinski definition) is 4. The number of nitrogens with two attached hydrogens (primary N) is 1. The van der Waals surface area contributed by atoms with E-state index in [-0.39, 0.29) is 18.1 Å². The molecule has 0 aliphatic carbocycles. The highest BCUT2D eigenvalue weighted by Gasteiger charge is 2.21. The highest BCUT2D eigenvalue weighted by molar-refractivity contribution is 5.90. The molecule has 0 aliphatic rings. The van der Waals surface area contributed by atoms with Crippen LogP contribution in [-0.4, -0.2) is 33.4 Å². The summed E-state index contributed by atoms with van der Waals surface area (Å²) < 4.78 is 6.84. The van der Waals surface area contributed by atoms with Gasteiger partial charge in [-0.05, 0) is 12.1 Å². The Morgan fingerprint density at radius 2 is 2.05 bits per heavy atom. The van der Waals surface area contributed by atoms with E-state index in [0.29, 0.717) is 5.69 Å². The fourth-order valence-corrected chi connectivity index (χ4v) is 1.66. The number of hydrogen-bond donors (Lipinski definition) is 2. The van der Waals surface area contributed by atoms with E-state index in [2.05, 4.69) is 5.10 Å². The van der Waals surface area contributed by atoms with Gasteiger partial charge in [0.25, 0.3) is 0 Å². The molecule has 1 amide bonds. The predicted molar refractivity (Wildman–Crippen MR) is 74.4 cm³/mol. The highest BCUT2D eigenvalue weighted by atomic mass is 16.5. The number of carboxylic acid groups (broad SMARTS) is 1. The van der Waals surface area contributed by atoms with Gasteiger partial charge in [0.15, 0.2) is 0 Å². The molecule has 7 nitrogen and oxygen atoms in total. The largest absolute Gasteiger partial charge is 0.477 e. The minimum Gasteiger partial charge on any atom is -0.477 e. The molecule has 0 saturated heterocycles. The molecule has 0 bridgehead atoms. The van der Waals surface area contributed by atoms with Crippen LogP contribution in [-0.2, 0) is 4.79 Å². The first-order chi connectivity index (χ1) is 10.0. The molecule has 0 radical (unpaired) electrons. The monoisotopic (exact) mass is 289 g/mol. The van der Waals surface area contributed by atoms with Crippen LogP contribution in [0.3, 0.4) is 0 Å². The maximum Gasteiger partial charge on any atom is 0.342 e. The Morgan fingerprint density at radius 1 is 1.38 bits per heavy atom. The lowest BCUT2D eigenvalue weighted by molar-refractivity contribution is -0.122. The normalized spacial score (nSPS) is 11.9. The van der Waals surface area contributed by atoms with Crippen LogP contribution >= 0.6 is 0 Å². The van der Waals surface area contributed by atoms with Crippen LogP contribution in [0.5, 0.6) is 5.88 Å². The highest BCUT2D eigenvalue weighted by Crippen LogP contribution is 2.23. The second-order valence-electron chi connectivity index (χ2n) is 4.53. The fourth-order valence-electron chi connectivity index (χ4n) is 1.66. The van der Waals surface area contributed by atoms with Gasteiger partial charge in [-0.25, -0.2) is 9.48 Å². The summed E-state index contributed by atoms with van der Waals surface area (Å²) in [5, 5.41) is 13.2. The SMILES string of the molecule is CC(COc1c(C(=O)O)cnn1-c1ccccc1)C(N)=O. The number of aromatic nitrogens is 2. The first-order valence-corrected chi connectivity index (χ1v) is 6.29. The second kappa shape index (κ2) is 6.08. The zero-order chi connectivity index (χ0) is 15.4. The summed E-state index contributed by atoms with van der Waals surface area (Å²) in [5.74, 6) is -2.14. The summed E-state index contributed by atoms with van der Waals surface area (Å²) in [7, 11) is 0. The van der Waals surface area contributed by atoms with E-state index in [4.69, 9.17) is 10.5 Å². The summed E-state index contributed by atoms with van der Waals surface area (Å²) in [4.78, 5) is 22.3. The lowest BCUT2D eigenvalue weighted by Gasteiger charge is -2.12. The fraction of sp³-hybridized carbons (Fsp3) is 0.214. The number of benzene rings is 1. The van der Waals surface area contributed by atoms with Crippen LogP contribution in [0.25, 0.3) is 5.69 Å². The van der Waals surface area contributed by atoms with Crippen LogP contribution in [0.1, 0.15) is 17.3 Å². The van der Waals surface area contributed by atoms with Crippen LogP contribution in [0.4, 0.5) is 0 Å². The van der Waals surface area contributed by atoms with Crippen molar-refractivity contribution in [3.8, 4) is 11.6 Å². The smallest absolute Gasteiger partial charge is 0.342 e. The van der Waals surface area contributed by atoms with E-state index in [9.17, 15) is 14.7 Å². The van der Waals surface area contributed by atoms with Crippen molar-refractivity contribution in [2.75, 3.05) is 6.61 Å². The van der Waals surface area contributed by atoms with Gasteiger partial charge in [-0.3, -0.25) is 4.79 Å². The maximum absolute atomic E-state index is 11.2. The van der Waals surface area contributed by atoms with Gasteiger partial charge in [0, 0.05) is 0 Å². The van der Waals surface area contributed by atoms with E-state index in [1.807, 2.05) is 6.07 Å². The molecule has 21 heavy (non-hydrogen) atoms. The lowest BCUT2D eigenvalue weighted by Crippen LogP contribution is -2.26. The Kier molecular flexibility index (Phi) is 4.22. The molecule has 1 atom stereocenters. The Bertz CT molecular complexity index is 651. The zero-order valence-electron chi connectivity index (χ0n) is 11.4. The number of primary amides is 1. The van der Waals surface area contributed by atoms with Crippen molar-refractivity contribution in [3.63, 3.8) is 0 Å². The molecule has 1 aromatic heterocycles. The number of nitrogens with zero attached hydrogens (tertiary/aromatic N) is 2. The van der Waals surface area contributed by atoms with Gasteiger partial charge in [0.1, 0.15) is 12.2 Å². The molecule has 2 aromatic rings. The van der Waals surface area contributed by atoms with Crippen molar-refractivity contribution in [1.29, 1.82) is 0 Å². The predicted octanol–water partition coefficient (Wildman–Crippen LogP) is 1.07.